The maximum absolute atomic E-state index is 6.27. The second-order valence-electron chi connectivity index (χ2n) is 11.8. The Morgan fingerprint density at radius 2 is 1.02 bits per heavy atom. The van der Waals surface area contributed by atoms with Crippen molar-refractivity contribution >= 4 is 60.5 Å². The molecule has 216 valence electrons. The van der Waals surface area contributed by atoms with E-state index in [0.29, 0.717) is 0 Å². The van der Waals surface area contributed by atoms with Crippen molar-refractivity contribution in [3.63, 3.8) is 0 Å². The van der Waals surface area contributed by atoms with Crippen LogP contribution in [0.5, 0.6) is 0 Å². The van der Waals surface area contributed by atoms with Gasteiger partial charge in [-0.25, -0.2) is 0 Å². The smallest absolute Gasteiger partial charge is 0.136 e. The molecular formula is C44H29NO. The molecule has 2 heteroatoms. The van der Waals surface area contributed by atoms with E-state index in [9.17, 15) is 0 Å². The number of rotatable bonds is 5. The number of para-hydroxylation sites is 1. The molecule has 0 amide bonds. The third kappa shape index (κ3) is 4.51. The molecule has 0 fully saturated rings. The Balaban J connectivity index is 1.20. The van der Waals surface area contributed by atoms with E-state index in [1.165, 1.54) is 38.4 Å². The first kappa shape index (κ1) is 26.3. The molecule has 0 spiro atoms. The summed E-state index contributed by atoms with van der Waals surface area (Å²) in [5, 5.41) is 7.13. The summed E-state index contributed by atoms with van der Waals surface area (Å²) in [6.07, 6.45) is 0. The van der Waals surface area contributed by atoms with Crippen LogP contribution < -0.4 is 4.90 Å². The van der Waals surface area contributed by atoms with Gasteiger partial charge in [-0.05, 0) is 98.4 Å². The average Bonchev–Trinajstić information content (AvgIpc) is 3.48. The predicted molar refractivity (Wildman–Crippen MR) is 194 cm³/mol. The molecule has 0 N–H and O–H groups in total. The van der Waals surface area contributed by atoms with Gasteiger partial charge in [0, 0.05) is 27.8 Å². The van der Waals surface area contributed by atoms with Crippen molar-refractivity contribution in [2.24, 2.45) is 0 Å². The molecule has 0 aliphatic rings. The molecule has 0 saturated carbocycles. The molecular weight excluding hydrogens is 558 g/mol. The zero-order valence-corrected chi connectivity index (χ0v) is 25.1. The Kier molecular flexibility index (Phi) is 6.17. The van der Waals surface area contributed by atoms with E-state index < -0.39 is 0 Å². The fraction of sp³-hybridized carbons (Fsp3) is 0. The van der Waals surface area contributed by atoms with Crippen LogP contribution in [0.25, 0.3) is 65.7 Å². The monoisotopic (exact) mass is 587 g/mol. The quantitative estimate of drug-likeness (QED) is 0.199. The van der Waals surface area contributed by atoms with E-state index >= 15 is 0 Å². The first-order chi connectivity index (χ1) is 22.8. The zero-order valence-electron chi connectivity index (χ0n) is 25.1. The van der Waals surface area contributed by atoms with E-state index in [-0.39, 0.29) is 0 Å². The van der Waals surface area contributed by atoms with Gasteiger partial charge in [0.25, 0.3) is 0 Å². The predicted octanol–water partition coefficient (Wildman–Crippen LogP) is 12.7. The minimum absolute atomic E-state index is 0.905. The largest absolute Gasteiger partial charge is 0.456 e. The molecule has 9 aromatic rings. The van der Waals surface area contributed by atoms with E-state index in [2.05, 4.69) is 169 Å². The van der Waals surface area contributed by atoms with Gasteiger partial charge in [0.2, 0.25) is 0 Å². The Bertz CT molecular complexity index is 2520. The van der Waals surface area contributed by atoms with Crippen LogP contribution in [0.15, 0.2) is 180 Å². The molecule has 1 heterocycles. The molecule has 0 aliphatic heterocycles. The molecule has 1 aromatic heterocycles. The van der Waals surface area contributed by atoms with E-state index in [1.807, 2.05) is 12.1 Å². The average molecular weight is 588 g/mol. The maximum atomic E-state index is 6.27. The molecule has 46 heavy (non-hydrogen) atoms. The summed E-state index contributed by atoms with van der Waals surface area (Å²) in [6.45, 7) is 0. The Labute approximate surface area is 267 Å². The highest BCUT2D eigenvalue weighted by Crippen LogP contribution is 2.40. The Morgan fingerprint density at radius 3 is 1.91 bits per heavy atom. The summed E-state index contributed by atoms with van der Waals surface area (Å²) in [5.74, 6) is 0. The van der Waals surface area contributed by atoms with Crippen LogP contribution in [-0.2, 0) is 0 Å². The first-order valence-corrected chi connectivity index (χ1v) is 15.7. The second kappa shape index (κ2) is 10.8. The summed E-state index contributed by atoms with van der Waals surface area (Å²) in [7, 11) is 0. The standard InChI is InChI=1S/C44H29NO/c1-2-10-30(11-3-1)33-14-8-15-37(26-33)45(36-23-20-32(21-24-36)40-18-9-13-31-12-4-5-16-39(31)40)38-25-22-34-28-42-41-17-6-7-19-43(41)46-44(42)29-35(34)27-38/h1-29H. The van der Waals surface area contributed by atoms with E-state index in [4.69, 9.17) is 4.42 Å². The number of anilines is 3. The van der Waals surface area contributed by atoms with Crippen LogP contribution in [0.1, 0.15) is 0 Å². The van der Waals surface area contributed by atoms with Crippen molar-refractivity contribution in [3.8, 4) is 22.3 Å². The normalized spacial score (nSPS) is 11.5. The second-order valence-corrected chi connectivity index (χ2v) is 11.8. The van der Waals surface area contributed by atoms with Crippen molar-refractivity contribution in [1.29, 1.82) is 0 Å². The lowest BCUT2D eigenvalue weighted by atomic mass is 9.98. The van der Waals surface area contributed by atoms with Gasteiger partial charge in [-0.1, -0.05) is 121 Å². The number of fused-ring (bicyclic) bond motifs is 5. The highest BCUT2D eigenvalue weighted by Gasteiger charge is 2.16. The van der Waals surface area contributed by atoms with Gasteiger partial charge in [0.05, 0.1) is 0 Å². The molecule has 8 aromatic carbocycles. The van der Waals surface area contributed by atoms with Crippen molar-refractivity contribution in [2.75, 3.05) is 4.90 Å². The highest BCUT2D eigenvalue weighted by atomic mass is 16.3. The minimum Gasteiger partial charge on any atom is -0.456 e. The van der Waals surface area contributed by atoms with Gasteiger partial charge < -0.3 is 9.32 Å². The van der Waals surface area contributed by atoms with E-state index in [1.54, 1.807) is 0 Å². The Morgan fingerprint density at radius 1 is 0.326 bits per heavy atom. The van der Waals surface area contributed by atoms with Crippen molar-refractivity contribution in [2.45, 2.75) is 0 Å². The molecule has 0 unspecified atom stereocenters. The molecule has 0 bridgehead atoms. The SMILES string of the molecule is c1ccc(-c2cccc(N(c3ccc(-c4cccc5ccccc45)cc3)c3ccc4cc5c(cc4c3)oc3ccccc35)c2)cc1. The van der Waals surface area contributed by atoms with Crippen LogP contribution in [0.3, 0.4) is 0 Å². The van der Waals surface area contributed by atoms with Crippen LogP contribution >= 0.6 is 0 Å². The maximum Gasteiger partial charge on any atom is 0.136 e. The topological polar surface area (TPSA) is 16.4 Å². The van der Waals surface area contributed by atoms with Crippen LogP contribution in [-0.4, -0.2) is 0 Å². The van der Waals surface area contributed by atoms with Crippen molar-refractivity contribution in [3.05, 3.63) is 176 Å². The van der Waals surface area contributed by atoms with E-state index in [0.717, 1.165) is 44.4 Å². The fourth-order valence-corrected chi connectivity index (χ4v) is 6.76. The Hall–Kier alpha value is -6.12. The summed E-state index contributed by atoms with van der Waals surface area (Å²) in [6, 6.07) is 62.8. The summed E-state index contributed by atoms with van der Waals surface area (Å²) >= 11 is 0. The lowest BCUT2D eigenvalue weighted by molar-refractivity contribution is 0.669. The van der Waals surface area contributed by atoms with Crippen LogP contribution in [0, 0.1) is 0 Å². The lowest BCUT2D eigenvalue weighted by Gasteiger charge is -2.26. The van der Waals surface area contributed by atoms with Crippen LogP contribution in [0.4, 0.5) is 17.1 Å². The molecule has 0 saturated heterocycles. The van der Waals surface area contributed by atoms with Gasteiger partial charge in [-0.2, -0.15) is 0 Å². The highest BCUT2D eigenvalue weighted by molar-refractivity contribution is 6.10. The minimum atomic E-state index is 0.905. The van der Waals surface area contributed by atoms with Gasteiger partial charge >= 0.3 is 0 Å². The number of benzene rings is 8. The van der Waals surface area contributed by atoms with Crippen LogP contribution in [0.2, 0.25) is 0 Å². The lowest BCUT2D eigenvalue weighted by Crippen LogP contribution is -2.10. The fourth-order valence-electron chi connectivity index (χ4n) is 6.76. The summed E-state index contributed by atoms with van der Waals surface area (Å²) < 4.78 is 6.27. The molecule has 2 nitrogen and oxygen atoms in total. The third-order valence-corrected chi connectivity index (χ3v) is 9.02. The van der Waals surface area contributed by atoms with Gasteiger partial charge in [-0.3, -0.25) is 0 Å². The summed E-state index contributed by atoms with van der Waals surface area (Å²) in [5.41, 5.74) is 9.92. The van der Waals surface area contributed by atoms with Gasteiger partial charge in [0.1, 0.15) is 11.2 Å². The van der Waals surface area contributed by atoms with Gasteiger partial charge in [-0.15, -0.1) is 0 Å². The number of hydrogen-bond acceptors (Lipinski definition) is 2. The number of furan rings is 1. The molecule has 0 aliphatic carbocycles. The summed E-state index contributed by atoms with van der Waals surface area (Å²) in [4.78, 5) is 2.35. The zero-order chi connectivity index (χ0) is 30.5. The number of nitrogens with zero attached hydrogens (tertiary/aromatic N) is 1. The first-order valence-electron chi connectivity index (χ1n) is 15.7. The number of hydrogen-bond donors (Lipinski definition) is 0. The molecule has 0 atom stereocenters. The van der Waals surface area contributed by atoms with Crippen molar-refractivity contribution < 1.29 is 4.42 Å². The van der Waals surface area contributed by atoms with Gasteiger partial charge in [0.15, 0.2) is 0 Å². The third-order valence-electron chi connectivity index (χ3n) is 9.02. The molecule has 0 radical (unpaired) electrons. The van der Waals surface area contributed by atoms with Crippen molar-refractivity contribution in [1.82, 2.24) is 0 Å². The molecule has 9 rings (SSSR count).